The average Bonchev–Trinajstić information content (AvgIpc) is 1.65. The van der Waals surface area contributed by atoms with E-state index in [4.69, 9.17) is 66.4 Å². The van der Waals surface area contributed by atoms with Crippen molar-refractivity contribution in [2.45, 2.75) is 70.1 Å². The minimum Gasteiger partial charge on any atom is -1.00 e. The number of aliphatic imine (C=N–C) groups is 1. The Balaban J connectivity index is 0.000000664. The molecule has 6 amide bonds. The van der Waals surface area contributed by atoms with Crippen molar-refractivity contribution in [1.82, 2.24) is 40.0 Å². The number of carbonyl (C=O) groups excluding carboxylic acids is 6. The van der Waals surface area contributed by atoms with Crippen LogP contribution in [0.3, 0.4) is 0 Å². The Hall–Kier alpha value is -9.98. The van der Waals surface area contributed by atoms with E-state index in [9.17, 15) is 50.7 Å². The number of nitrogens with one attached hydrogen (secondary N) is 1. The molecule has 3 aromatic carbocycles. The molecule has 0 bridgehead atoms. The number of aromatic nitrogens is 5. The molecule has 5 aromatic heterocycles. The van der Waals surface area contributed by atoms with Gasteiger partial charge in [-0.2, -0.15) is 0 Å². The number of rotatable bonds is 13. The zero-order valence-electron chi connectivity index (χ0n) is 63.7. The van der Waals surface area contributed by atoms with E-state index in [-0.39, 0.29) is 134 Å². The molecule has 13 rings (SSSR count). The number of hydrazine groups is 1. The Morgan fingerprint density at radius 1 is 0.544 bits per heavy atom. The van der Waals surface area contributed by atoms with Crippen LogP contribution in [-0.2, 0) is 15.9 Å². The predicted octanol–water partition coefficient (Wildman–Crippen LogP) is 8.70. The summed E-state index contributed by atoms with van der Waals surface area (Å²) in [4.78, 5) is 95.4. The summed E-state index contributed by atoms with van der Waals surface area (Å²) in [6.45, 7) is 1.87. The molecule has 0 unspecified atom stereocenters. The van der Waals surface area contributed by atoms with Crippen LogP contribution in [-0.4, -0.2) is 158 Å². The smallest absolute Gasteiger partial charge is 1.00 e. The van der Waals surface area contributed by atoms with E-state index in [1.165, 1.54) is 81.5 Å². The number of halogens is 8. The molecule has 24 nitrogen and oxygen atoms in total. The number of terminal acetylenes is 2. The van der Waals surface area contributed by atoms with E-state index in [1.807, 2.05) is 0 Å². The Morgan fingerprint density at radius 2 is 0.912 bits per heavy atom. The monoisotopic (exact) mass is 1770 g/mol. The molecular weight excluding hydrogens is 1690 g/mol. The number of amides is 6. The van der Waals surface area contributed by atoms with Gasteiger partial charge in [0.15, 0.2) is 0 Å². The molecule has 0 spiro atoms. The van der Waals surface area contributed by atoms with Gasteiger partial charge in [0.1, 0.15) is 29.1 Å². The Labute approximate surface area is 707 Å². The first-order chi connectivity index (χ1) is 54.1. The fourth-order valence-corrected chi connectivity index (χ4v) is 10.9. The van der Waals surface area contributed by atoms with E-state index >= 15 is 0 Å². The van der Waals surface area contributed by atoms with Crippen molar-refractivity contribution in [3.8, 4) is 77.8 Å². The standard InChI is InChI=1S/C18H13FN2O3.C12H9NO2.C11H14FNO.2C10H11FN2O.C8H5NO2.C6H5BrFNO.C4H6O.B.2ClH.H4N2.Na.Pd.H/c1-24-16-12(10-13(19)11-20-16)6-4-5-9-21-17(22)14-7-2-3-8-15(14)18(21)23;1-2-3-8-13-11(14)9-6-4-5-7-10(9)12(13)15;1-14-11-10(6-9(12)7-13-11)8-4-2-3-5-8;1-14-10-8(5-7(11)6-13-10)9-3-2-4-12-9;1-14-10-8(4-2-3-5-12)6-9(11)7-13-10;10-7-5-3-1-2-4-6(5)8(11)9-7;1-10-6-5(7)2-4(8)3-9-6;1-2-3-4-5;;;;1-2;;;/h2-3,7-8,10-11H,5,9H2,1H3;1,4-7H,3,8H2;6-8H,2-5H2,1H3;5-6H,2-4H2,1H3;6-7H,3,5,12H2,1H3;1-4H,(H,9,10,11);2-3H,1H3;1,5H,3-4H2;;2*1H;1-2H2;;;/q;;;;;;;;;;;;+1;+2;-1/p-2. The molecule has 35 heteroatoms. The van der Waals surface area contributed by atoms with Crippen molar-refractivity contribution in [2.75, 3.05) is 68.3 Å². The third-order valence-corrected chi connectivity index (χ3v) is 15.9. The number of aliphatic hydroxyl groups is 1. The first-order valence-electron chi connectivity index (χ1n) is 33.5. The van der Waals surface area contributed by atoms with Gasteiger partial charge in [-0.3, -0.25) is 60.6 Å². The number of methoxy groups -OCH3 is 5. The molecule has 114 heavy (non-hydrogen) atoms. The number of carbonyl (C=O) groups is 6. The maximum atomic E-state index is 13.2. The summed E-state index contributed by atoms with van der Waals surface area (Å²) in [7, 11) is 17.1. The van der Waals surface area contributed by atoms with Gasteiger partial charge < -0.3 is 36.0 Å². The fraction of sp³-hybridized carbons (Fsp3) is 0.266. The van der Waals surface area contributed by atoms with Crippen LogP contribution in [0.2, 0.25) is 0 Å². The molecule has 4 aliphatic heterocycles. The van der Waals surface area contributed by atoms with Gasteiger partial charge in [0.25, 0.3) is 35.4 Å². The second-order valence-corrected chi connectivity index (χ2v) is 25.7. The second kappa shape index (κ2) is 55.5. The zero-order valence-corrected chi connectivity index (χ0v) is 69.4. The number of aliphatic hydroxyl groups excluding tert-OH is 1. The maximum Gasteiger partial charge on any atom is 1.00 e. The Bertz CT molecular complexity index is 4690. The van der Waals surface area contributed by atoms with Gasteiger partial charge in [0, 0.05) is 71.6 Å². The third kappa shape index (κ3) is 31.4. The fourth-order valence-electron chi connectivity index (χ4n) is 10.4. The predicted molar refractivity (Wildman–Crippen MR) is 418 cm³/mol. The molecule has 5 aliphatic rings. The van der Waals surface area contributed by atoms with E-state index in [0.29, 0.717) is 116 Å². The van der Waals surface area contributed by atoms with Crippen LogP contribution < -0.4 is 76.0 Å². The van der Waals surface area contributed by atoms with Crippen molar-refractivity contribution < 1.29 is 126 Å². The van der Waals surface area contributed by atoms with Crippen molar-refractivity contribution in [2.24, 2.45) is 22.4 Å². The molecule has 8 aromatic rings. The largest absolute Gasteiger partial charge is 1.00 e. The number of benzene rings is 3. The SMILES string of the molecule is C#CCCN1C(=O)c2ccccc2C1=O.C#CCCO.COc1ncc(F)cc1Br.COc1ncc(F)cc1C#CCCN.COc1ncc(F)cc1C#CCCN1C(=O)c2ccccc2C1=O.COc1ncc(F)cc1C1=NCCC1.COc1ncc(F)cc1C1CCCC1.NN.O=C1NC(=O)c2ccccc21.[B].[Cl][Pd][Cl].[H-].[Na+]. The number of ether oxygens (including phenoxy) is 5. The van der Waals surface area contributed by atoms with Crippen molar-refractivity contribution >= 4 is 84.6 Å². The van der Waals surface area contributed by atoms with Gasteiger partial charge in [-0.25, -0.2) is 46.9 Å². The van der Waals surface area contributed by atoms with Gasteiger partial charge in [-0.1, -0.05) is 72.9 Å². The first-order valence-corrected chi connectivity index (χ1v) is 38.3. The maximum absolute atomic E-state index is 13.2. The minimum absolute atomic E-state index is 0. The van der Waals surface area contributed by atoms with Crippen LogP contribution in [0.4, 0.5) is 22.0 Å². The van der Waals surface area contributed by atoms with E-state index in [1.54, 1.807) is 86.0 Å². The van der Waals surface area contributed by atoms with Crippen molar-refractivity contribution in [1.29, 1.82) is 0 Å². The molecule has 3 radical (unpaired) electrons. The molecule has 1 fully saturated rings. The summed E-state index contributed by atoms with van der Waals surface area (Å²) in [6.07, 6.45) is 23.7. The minimum atomic E-state index is -0.513. The summed E-state index contributed by atoms with van der Waals surface area (Å²) in [5.74, 6) is 22.5. The summed E-state index contributed by atoms with van der Waals surface area (Å²) >= 11 is 2.97. The molecule has 9 heterocycles. The number of hydrogen-bond donors (Lipinski definition) is 5. The molecular formula is C79H79BBrCl2F5N12NaO12Pd. The summed E-state index contributed by atoms with van der Waals surface area (Å²) in [6, 6.07) is 27.0. The van der Waals surface area contributed by atoms with Crippen molar-refractivity contribution in [3.63, 3.8) is 0 Å². The van der Waals surface area contributed by atoms with Gasteiger partial charge in [-0.05, 0) is 114 Å². The second-order valence-electron chi connectivity index (χ2n) is 22.5. The van der Waals surface area contributed by atoms with Gasteiger partial charge >= 0.3 is 64.6 Å². The van der Waals surface area contributed by atoms with E-state index < -0.39 is 11.6 Å². The molecule has 0 atom stereocenters. The van der Waals surface area contributed by atoms with Crippen LogP contribution in [0.1, 0.15) is 156 Å². The van der Waals surface area contributed by atoms with Crippen LogP contribution in [0.5, 0.6) is 29.4 Å². The van der Waals surface area contributed by atoms with Crippen LogP contribution in [0, 0.1) is 77.5 Å². The van der Waals surface area contributed by atoms with E-state index in [0.717, 1.165) is 68.3 Å². The number of pyridine rings is 5. The average molecular weight is 1770 g/mol. The number of nitrogens with two attached hydrogens (primary N) is 3. The van der Waals surface area contributed by atoms with Gasteiger partial charge in [0.2, 0.25) is 29.4 Å². The molecule has 0 saturated heterocycles. The molecule has 1 aliphatic carbocycles. The van der Waals surface area contributed by atoms with Crippen molar-refractivity contribution in [3.05, 3.63) is 223 Å². The van der Waals surface area contributed by atoms with Crippen LogP contribution in [0.25, 0.3) is 0 Å². The van der Waals surface area contributed by atoms with Gasteiger partial charge in [-0.15, -0.1) is 24.7 Å². The normalized spacial score (nSPS) is 12.4. The number of nitrogens with zero attached hydrogens (tertiary/aromatic N) is 8. The number of imide groups is 3. The summed E-state index contributed by atoms with van der Waals surface area (Å²) in [5, 5.41) is 10.1. The zero-order chi connectivity index (χ0) is 82.5. The third-order valence-electron chi connectivity index (χ3n) is 15.3. The van der Waals surface area contributed by atoms with Crippen LogP contribution in [0.15, 0.2) is 144 Å². The topological polar surface area (TPSA) is 342 Å². The molecule has 1 saturated carbocycles. The summed E-state index contributed by atoms with van der Waals surface area (Å²) < 4.78 is 89.7. The molecule has 8 N–H and O–H groups in total. The van der Waals surface area contributed by atoms with Gasteiger partial charge in [0.05, 0.1) is 128 Å². The Morgan fingerprint density at radius 3 is 1.29 bits per heavy atom. The summed E-state index contributed by atoms with van der Waals surface area (Å²) in [5.41, 5.74) is 11.3. The number of fused-ring (bicyclic) bond motifs is 3. The Kier molecular flexibility index (Phi) is 48.7. The van der Waals surface area contributed by atoms with Crippen LogP contribution >= 0.6 is 35.0 Å². The van der Waals surface area contributed by atoms with E-state index in [2.05, 4.69) is 98.4 Å². The first kappa shape index (κ1) is 100. The number of hydrogen-bond acceptors (Lipinski definition) is 21. The molecule has 597 valence electrons. The quantitative estimate of drug-likeness (QED) is 0.0180.